The number of rotatable bonds is 4. The smallest absolute Gasteiger partial charge is 0.219 e. The topological polar surface area (TPSA) is 85.8 Å². The van der Waals surface area contributed by atoms with Gasteiger partial charge in [-0.1, -0.05) is 31.2 Å². The first kappa shape index (κ1) is 17.4. The second-order valence-corrected chi connectivity index (χ2v) is 7.08. The van der Waals surface area contributed by atoms with Gasteiger partial charge in [0.25, 0.3) is 0 Å². The summed E-state index contributed by atoms with van der Waals surface area (Å²) in [5, 5.41) is 13.5. The Balaban J connectivity index is 1.93. The number of aryl methyl sites for hydroxylation is 1. The Labute approximate surface area is 156 Å². The number of likely N-dealkylation sites (N-methyl/N-ethyl adjacent to an activating group) is 1. The molecule has 0 spiro atoms. The minimum absolute atomic E-state index is 0.0450. The molecule has 0 atom stereocenters. The van der Waals surface area contributed by atoms with Crippen LogP contribution in [0.3, 0.4) is 0 Å². The highest BCUT2D eigenvalue weighted by Crippen LogP contribution is 2.40. The lowest BCUT2D eigenvalue weighted by Gasteiger charge is -2.27. The maximum absolute atomic E-state index is 13.3. The van der Waals surface area contributed by atoms with Crippen molar-refractivity contribution < 1.29 is 9.90 Å². The molecule has 1 aliphatic heterocycles. The van der Waals surface area contributed by atoms with Crippen LogP contribution in [0.2, 0.25) is 0 Å². The van der Waals surface area contributed by atoms with Gasteiger partial charge in [-0.2, -0.15) is 0 Å². The van der Waals surface area contributed by atoms with Gasteiger partial charge in [0.15, 0.2) is 11.5 Å². The number of ketones is 1. The van der Waals surface area contributed by atoms with Crippen LogP contribution in [0.1, 0.15) is 39.5 Å². The van der Waals surface area contributed by atoms with Crippen LogP contribution in [0, 0.1) is 4.91 Å². The molecule has 0 amide bonds. The third kappa shape index (κ3) is 2.82. The van der Waals surface area contributed by atoms with Gasteiger partial charge in [-0.05, 0) is 47.8 Å². The van der Waals surface area contributed by atoms with Crippen molar-refractivity contribution >= 4 is 22.4 Å². The Morgan fingerprint density at radius 2 is 2.00 bits per heavy atom. The Kier molecular flexibility index (Phi) is 4.28. The van der Waals surface area contributed by atoms with Crippen LogP contribution in [0.15, 0.2) is 35.5 Å². The molecule has 3 aromatic rings. The summed E-state index contributed by atoms with van der Waals surface area (Å²) in [5.74, 6) is -0.329. The van der Waals surface area contributed by atoms with Gasteiger partial charge in [0.2, 0.25) is 5.88 Å². The highest BCUT2D eigenvalue weighted by Gasteiger charge is 2.26. The van der Waals surface area contributed by atoms with Gasteiger partial charge in [-0.25, -0.2) is 0 Å². The van der Waals surface area contributed by atoms with Crippen LogP contribution in [0.4, 0.5) is 5.69 Å². The van der Waals surface area contributed by atoms with Crippen molar-refractivity contribution in [2.45, 2.75) is 26.3 Å². The third-order valence-electron chi connectivity index (χ3n) is 5.40. The summed E-state index contributed by atoms with van der Waals surface area (Å²) < 4.78 is 0. The van der Waals surface area contributed by atoms with E-state index in [2.05, 4.69) is 22.0 Å². The fourth-order valence-corrected chi connectivity index (χ4v) is 3.87. The van der Waals surface area contributed by atoms with Crippen LogP contribution in [0.25, 0.3) is 10.9 Å². The number of carbonyl (C=O) groups excluding carboxylic acids is 1. The van der Waals surface area contributed by atoms with Crippen LogP contribution in [0.5, 0.6) is 5.88 Å². The van der Waals surface area contributed by atoms with Crippen molar-refractivity contribution in [1.82, 2.24) is 9.88 Å². The highest BCUT2D eigenvalue weighted by molar-refractivity contribution is 6.13. The minimum Gasteiger partial charge on any atom is -0.493 e. The van der Waals surface area contributed by atoms with E-state index in [9.17, 15) is 14.8 Å². The quantitative estimate of drug-likeness (QED) is 0.541. The molecule has 0 saturated carbocycles. The molecule has 1 aliphatic rings. The summed E-state index contributed by atoms with van der Waals surface area (Å²) in [7, 11) is 2.01. The molecule has 6 heteroatoms. The van der Waals surface area contributed by atoms with E-state index in [0.717, 1.165) is 30.5 Å². The standard InChI is InChI=1S/C21H21N3O3/c1-3-12-4-6-13(7-5-12)20(25)15-10-16-18(22-21(26)19(16)23-27)17-11-24(2)9-8-14(15)17/h4-7,10,22,26H,3,8-9,11H2,1-2H3. The molecular formula is C21H21N3O3. The largest absolute Gasteiger partial charge is 0.493 e. The van der Waals surface area contributed by atoms with Crippen LogP contribution in [-0.2, 0) is 19.4 Å². The number of aromatic amines is 1. The summed E-state index contributed by atoms with van der Waals surface area (Å²) in [5.41, 5.74) is 4.93. The molecule has 27 heavy (non-hydrogen) atoms. The molecule has 0 aliphatic carbocycles. The van der Waals surface area contributed by atoms with E-state index in [0.29, 0.717) is 28.6 Å². The van der Waals surface area contributed by atoms with E-state index in [4.69, 9.17) is 0 Å². The predicted octanol–water partition coefficient (Wildman–Crippen LogP) is 4.05. The average Bonchev–Trinajstić information content (AvgIpc) is 3.02. The monoisotopic (exact) mass is 363 g/mol. The van der Waals surface area contributed by atoms with Crippen molar-refractivity contribution in [1.29, 1.82) is 0 Å². The molecule has 2 heterocycles. The maximum atomic E-state index is 13.3. The first-order valence-corrected chi connectivity index (χ1v) is 9.08. The van der Waals surface area contributed by atoms with Gasteiger partial charge in [0.1, 0.15) is 0 Å². The number of benzene rings is 2. The van der Waals surface area contributed by atoms with E-state index in [1.54, 1.807) is 6.07 Å². The predicted molar refractivity (Wildman–Crippen MR) is 105 cm³/mol. The number of nitroso groups, excluding NO2 is 1. The summed E-state index contributed by atoms with van der Waals surface area (Å²) in [6, 6.07) is 9.32. The van der Waals surface area contributed by atoms with E-state index in [-0.39, 0.29) is 17.4 Å². The fraction of sp³-hybridized carbons (Fsp3) is 0.286. The second kappa shape index (κ2) is 6.63. The lowest BCUT2D eigenvalue weighted by molar-refractivity contribution is 0.103. The number of carbonyl (C=O) groups is 1. The second-order valence-electron chi connectivity index (χ2n) is 7.08. The zero-order valence-corrected chi connectivity index (χ0v) is 15.4. The van der Waals surface area contributed by atoms with Crippen LogP contribution < -0.4 is 0 Å². The lowest BCUT2D eigenvalue weighted by Crippen LogP contribution is -2.28. The zero-order chi connectivity index (χ0) is 19.1. The Bertz CT molecular complexity index is 1050. The Morgan fingerprint density at radius 3 is 2.67 bits per heavy atom. The molecule has 2 aromatic carbocycles. The maximum Gasteiger partial charge on any atom is 0.219 e. The van der Waals surface area contributed by atoms with E-state index in [1.807, 2.05) is 31.3 Å². The molecule has 0 bridgehead atoms. The zero-order valence-electron chi connectivity index (χ0n) is 15.4. The highest BCUT2D eigenvalue weighted by atomic mass is 16.3. The molecule has 0 fully saturated rings. The average molecular weight is 363 g/mol. The molecule has 2 N–H and O–H groups in total. The third-order valence-corrected chi connectivity index (χ3v) is 5.40. The number of aromatic hydroxyl groups is 1. The Hall–Kier alpha value is -2.99. The molecule has 6 nitrogen and oxygen atoms in total. The van der Waals surface area contributed by atoms with Crippen molar-refractivity contribution in [2.24, 2.45) is 5.18 Å². The summed E-state index contributed by atoms with van der Waals surface area (Å²) in [6.45, 7) is 3.56. The van der Waals surface area contributed by atoms with Gasteiger partial charge >= 0.3 is 0 Å². The number of nitrogens with one attached hydrogen (secondary N) is 1. The van der Waals surface area contributed by atoms with Gasteiger partial charge in [0.05, 0.1) is 5.52 Å². The number of nitrogens with zero attached hydrogens (tertiary/aromatic N) is 2. The van der Waals surface area contributed by atoms with Gasteiger partial charge in [-0.3, -0.25) is 4.79 Å². The van der Waals surface area contributed by atoms with Crippen molar-refractivity contribution in [3.8, 4) is 5.88 Å². The van der Waals surface area contributed by atoms with Gasteiger partial charge < -0.3 is 15.0 Å². The normalized spacial score (nSPS) is 14.3. The molecule has 1 aromatic heterocycles. The molecule has 0 unspecified atom stereocenters. The summed E-state index contributed by atoms with van der Waals surface area (Å²) >= 11 is 0. The van der Waals surface area contributed by atoms with Crippen LogP contribution in [-0.4, -0.2) is 34.4 Å². The number of fused-ring (bicyclic) bond motifs is 3. The number of hydrogen-bond donors (Lipinski definition) is 2. The number of H-pyrrole nitrogens is 1. The van der Waals surface area contributed by atoms with E-state index >= 15 is 0 Å². The lowest BCUT2D eigenvalue weighted by atomic mass is 9.88. The molecule has 0 radical (unpaired) electrons. The van der Waals surface area contributed by atoms with Gasteiger partial charge in [-0.15, -0.1) is 4.91 Å². The van der Waals surface area contributed by atoms with Gasteiger partial charge in [0, 0.05) is 29.6 Å². The molecule has 0 saturated heterocycles. The number of aromatic nitrogens is 1. The molecule has 138 valence electrons. The summed E-state index contributed by atoms with van der Waals surface area (Å²) in [4.78, 5) is 29.5. The molecule has 4 rings (SSSR count). The van der Waals surface area contributed by atoms with Crippen LogP contribution >= 0.6 is 0 Å². The van der Waals surface area contributed by atoms with E-state index < -0.39 is 0 Å². The summed E-state index contributed by atoms with van der Waals surface area (Å²) in [6.07, 6.45) is 1.65. The number of hydrogen-bond acceptors (Lipinski definition) is 5. The van der Waals surface area contributed by atoms with Crippen molar-refractivity contribution in [3.63, 3.8) is 0 Å². The molecular weight excluding hydrogens is 342 g/mol. The van der Waals surface area contributed by atoms with E-state index in [1.165, 1.54) is 5.56 Å². The van der Waals surface area contributed by atoms with Crippen molar-refractivity contribution in [2.75, 3.05) is 13.6 Å². The SMILES string of the molecule is CCc1ccc(C(=O)c2cc3c(N=O)c(O)[nH]c3c3c2CCN(C)C3)cc1. The minimum atomic E-state index is -0.257. The fourth-order valence-electron chi connectivity index (χ4n) is 3.87. The van der Waals surface area contributed by atoms with Crippen molar-refractivity contribution in [3.05, 3.63) is 63.1 Å². The first-order chi connectivity index (χ1) is 13.0. The Morgan fingerprint density at radius 1 is 1.26 bits per heavy atom. The first-order valence-electron chi connectivity index (χ1n) is 9.08.